The van der Waals surface area contributed by atoms with Gasteiger partial charge in [0.15, 0.2) is 9.84 Å². The van der Waals surface area contributed by atoms with Crippen LogP contribution in [0.3, 0.4) is 0 Å². The van der Waals surface area contributed by atoms with E-state index in [1.165, 1.54) is 12.8 Å². The van der Waals surface area contributed by atoms with E-state index in [9.17, 15) is 8.42 Å². The summed E-state index contributed by atoms with van der Waals surface area (Å²) >= 11 is 3.37. The van der Waals surface area contributed by atoms with Crippen molar-refractivity contribution in [3.8, 4) is 5.75 Å². The fourth-order valence-electron chi connectivity index (χ4n) is 1.54. The molecular formula is C13H17BrO3S. The third-order valence-electron chi connectivity index (χ3n) is 3.02. The molecule has 0 saturated heterocycles. The van der Waals surface area contributed by atoms with Crippen LogP contribution in [0.2, 0.25) is 0 Å². The fourth-order valence-corrected chi connectivity index (χ4v) is 3.27. The molecular weight excluding hydrogens is 316 g/mol. The minimum absolute atomic E-state index is 0.336. The van der Waals surface area contributed by atoms with Crippen LogP contribution in [0.4, 0.5) is 0 Å². The molecule has 0 aromatic heterocycles. The Morgan fingerprint density at radius 2 is 2.06 bits per heavy atom. The first kappa shape index (κ1) is 13.9. The van der Waals surface area contributed by atoms with Crippen LogP contribution in [-0.4, -0.2) is 20.3 Å². The Kier molecular flexibility index (Phi) is 4.02. The highest BCUT2D eigenvalue weighted by Gasteiger charge is 2.23. The Hall–Kier alpha value is -0.550. The zero-order valence-corrected chi connectivity index (χ0v) is 12.9. The second-order valence-electron chi connectivity index (χ2n) is 4.94. The van der Waals surface area contributed by atoms with Crippen LogP contribution in [0.1, 0.15) is 26.7 Å². The molecule has 1 aliphatic rings. The topological polar surface area (TPSA) is 43.4 Å². The largest absolute Gasteiger partial charge is 0.492 e. The van der Waals surface area contributed by atoms with Crippen LogP contribution in [0.25, 0.3) is 0 Å². The fraction of sp³-hybridized carbons (Fsp3) is 0.538. The quantitative estimate of drug-likeness (QED) is 0.829. The van der Waals surface area contributed by atoms with E-state index in [0.717, 1.165) is 6.61 Å². The maximum Gasteiger partial charge on any atom is 0.180 e. The molecule has 5 heteroatoms. The molecule has 0 amide bonds. The Morgan fingerprint density at radius 1 is 1.39 bits per heavy atom. The van der Waals surface area contributed by atoms with Crippen LogP contribution >= 0.6 is 15.9 Å². The highest BCUT2D eigenvalue weighted by molar-refractivity contribution is 9.10. The molecule has 0 bridgehead atoms. The number of halogens is 1. The highest BCUT2D eigenvalue weighted by Crippen LogP contribution is 2.33. The monoisotopic (exact) mass is 332 g/mol. The normalized spacial score (nSPS) is 16.0. The summed E-state index contributed by atoms with van der Waals surface area (Å²) in [5.74, 6) is 1.39. The summed E-state index contributed by atoms with van der Waals surface area (Å²) in [5.41, 5.74) is 0. The van der Waals surface area contributed by atoms with Gasteiger partial charge in [0.05, 0.1) is 21.2 Å². The maximum absolute atomic E-state index is 12.0. The first-order valence-electron chi connectivity index (χ1n) is 6.07. The van der Waals surface area contributed by atoms with Gasteiger partial charge in [0.2, 0.25) is 0 Å². The van der Waals surface area contributed by atoms with Crippen molar-refractivity contribution >= 4 is 25.8 Å². The molecule has 3 nitrogen and oxygen atoms in total. The molecule has 1 aliphatic carbocycles. The van der Waals surface area contributed by atoms with Gasteiger partial charge in [-0.25, -0.2) is 8.42 Å². The molecule has 0 heterocycles. The second kappa shape index (κ2) is 5.21. The SMILES string of the molecule is CC(C)S(=O)(=O)c1ccc(OCC2CC2)c(Br)c1. The average molecular weight is 333 g/mol. The Balaban J connectivity index is 2.18. The lowest BCUT2D eigenvalue weighted by atomic mass is 10.3. The molecule has 1 aromatic rings. The van der Waals surface area contributed by atoms with Crippen molar-refractivity contribution in [2.24, 2.45) is 5.92 Å². The summed E-state index contributed by atoms with van der Waals surface area (Å²) in [7, 11) is -3.22. The van der Waals surface area contributed by atoms with Crippen LogP contribution in [0.5, 0.6) is 5.75 Å². The van der Waals surface area contributed by atoms with Gasteiger partial charge in [-0.2, -0.15) is 0 Å². The van der Waals surface area contributed by atoms with E-state index in [1.807, 2.05) is 0 Å². The Morgan fingerprint density at radius 3 is 2.56 bits per heavy atom. The van der Waals surface area contributed by atoms with Crippen LogP contribution in [-0.2, 0) is 9.84 Å². The standard InChI is InChI=1S/C13H17BrO3S/c1-9(2)18(15,16)11-5-6-13(12(14)7-11)17-8-10-3-4-10/h5-7,9-10H,3-4,8H2,1-2H3. The van der Waals surface area contributed by atoms with E-state index in [-0.39, 0.29) is 0 Å². The number of sulfone groups is 1. The highest BCUT2D eigenvalue weighted by atomic mass is 79.9. The molecule has 0 unspecified atom stereocenters. The summed E-state index contributed by atoms with van der Waals surface area (Å²) < 4.78 is 30.4. The minimum atomic E-state index is -3.22. The van der Waals surface area contributed by atoms with E-state index in [0.29, 0.717) is 21.0 Å². The summed E-state index contributed by atoms with van der Waals surface area (Å²) in [6, 6.07) is 4.96. The zero-order chi connectivity index (χ0) is 13.3. The number of hydrogen-bond donors (Lipinski definition) is 0. The van der Waals surface area contributed by atoms with Gasteiger partial charge in [0, 0.05) is 0 Å². The predicted molar refractivity (Wildman–Crippen MR) is 74.7 cm³/mol. The summed E-state index contributed by atoms with van der Waals surface area (Å²) in [4.78, 5) is 0.336. The average Bonchev–Trinajstić information content (AvgIpc) is 3.11. The molecule has 1 saturated carbocycles. The third-order valence-corrected chi connectivity index (χ3v) is 5.80. The summed E-state index contributed by atoms with van der Waals surface area (Å²) in [6.07, 6.45) is 2.47. The van der Waals surface area contributed by atoms with Crippen molar-refractivity contribution < 1.29 is 13.2 Å². The van der Waals surface area contributed by atoms with E-state index in [1.54, 1.807) is 32.0 Å². The van der Waals surface area contributed by atoms with E-state index in [4.69, 9.17) is 4.74 Å². The van der Waals surface area contributed by atoms with E-state index >= 15 is 0 Å². The first-order chi connectivity index (χ1) is 8.41. The number of benzene rings is 1. The molecule has 2 rings (SSSR count). The molecule has 0 aliphatic heterocycles. The number of hydrogen-bond acceptors (Lipinski definition) is 3. The van der Waals surface area contributed by atoms with Crippen molar-refractivity contribution in [3.05, 3.63) is 22.7 Å². The van der Waals surface area contributed by atoms with E-state index < -0.39 is 15.1 Å². The van der Waals surface area contributed by atoms with Gasteiger partial charge >= 0.3 is 0 Å². The van der Waals surface area contributed by atoms with Gasteiger partial charge in [0.1, 0.15) is 5.75 Å². The molecule has 1 fully saturated rings. The lowest BCUT2D eigenvalue weighted by Gasteiger charge is -2.11. The molecule has 0 N–H and O–H groups in total. The molecule has 0 radical (unpaired) electrons. The molecule has 1 aromatic carbocycles. The van der Waals surface area contributed by atoms with Crippen molar-refractivity contribution in [3.63, 3.8) is 0 Å². The zero-order valence-electron chi connectivity index (χ0n) is 10.5. The summed E-state index contributed by atoms with van der Waals surface area (Å²) in [6.45, 7) is 4.08. The lowest BCUT2D eigenvalue weighted by molar-refractivity contribution is 0.298. The molecule has 0 atom stereocenters. The molecule has 100 valence electrons. The van der Waals surface area contributed by atoms with Gasteiger partial charge in [-0.1, -0.05) is 0 Å². The number of rotatable bonds is 5. The van der Waals surface area contributed by atoms with E-state index in [2.05, 4.69) is 15.9 Å². The predicted octanol–water partition coefficient (Wildman–Crippen LogP) is 3.42. The second-order valence-corrected chi connectivity index (χ2v) is 8.30. The van der Waals surface area contributed by atoms with Crippen LogP contribution in [0.15, 0.2) is 27.6 Å². The van der Waals surface area contributed by atoms with Crippen LogP contribution in [0, 0.1) is 5.92 Å². The first-order valence-corrected chi connectivity index (χ1v) is 8.41. The van der Waals surface area contributed by atoms with Gasteiger partial charge in [-0.3, -0.25) is 0 Å². The van der Waals surface area contributed by atoms with Crippen molar-refractivity contribution in [1.82, 2.24) is 0 Å². The third kappa shape index (κ3) is 3.06. The van der Waals surface area contributed by atoms with Crippen molar-refractivity contribution in [1.29, 1.82) is 0 Å². The lowest BCUT2D eigenvalue weighted by Crippen LogP contribution is -2.14. The smallest absolute Gasteiger partial charge is 0.180 e. The Bertz CT molecular complexity index is 533. The van der Waals surface area contributed by atoms with Crippen molar-refractivity contribution in [2.75, 3.05) is 6.61 Å². The minimum Gasteiger partial charge on any atom is -0.492 e. The Labute approximate surface area is 117 Å². The van der Waals surface area contributed by atoms with Gasteiger partial charge in [-0.05, 0) is 66.7 Å². The van der Waals surface area contributed by atoms with Gasteiger partial charge in [-0.15, -0.1) is 0 Å². The summed E-state index contributed by atoms with van der Waals surface area (Å²) in [5, 5.41) is -0.414. The number of ether oxygens (including phenoxy) is 1. The van der Waals surface area contributed by atoms with Gasteiger partial charge < -0.3 is 4.74 Å². The molecule has 0 spiro atoms. The van der Waals surface area contributed by atoms with Crippen molar-refractivity contribution in [2.45, 2.75) is 36.8 Å². The van der Waals surface area contributed by atoms with Crippen LogP contribution < -0.4 is 4.74 Å². The molecule has 18 heavy (non-hydrogen) atoms. The van der Waals surface area contributed by atoms with Gasteiger partial charge in [0.25, 0.3) is 0 Å². The maximum atomic E-state index is 12.0.